The van der Waals surface area contributed by atoms with Gasteiger partial charge in [-0.05, 0) is 46.9 Å². The zero-order valence-corrected chi connectivity index (χ0v) is 11.3. The molecule has 1 saturated carbocycles. The van der Waals surface area contributed by atoms with Crippen LogP contribution in [0.4, 0.5) is 0 Å². The Bertz CT molecular complexity index is 344. The maximum atomic E-state index is 4.49. The van der Waals surface area contributed by atoms with E-state index in [0.717, 1.165) is 16.9 Å². The van der Waals surface area contributed by atoms with E-state index < -0.39 is 0 Å². The van der Waals surface area contributed by atoms with Gasteiger partial charge in [-0.1, -0.05) is 0 Å². The van der Waals surface area contributed by atoms with Crippen molar-refractivity contribution >= 4 is 40.7 Å². The SMILES string of the molecule is Brc1ccc(C23CNCC2C3)nc1.Cl.Cl. The highest BCUT2D eigenvalue weighted by Gasteiger charge is 2.58. The average Bonchev–Trinajstić information content (AvgIpc) is 2.71. The van der Waals surface area contributed by atoms with Crippen LogP contribution in [0, 0.1) is 5.92 Å². The molecule has 0 spiro atoms. The molecule has 1 N–H and O–H groups in total. The minimum Gasteiger partial charge on any atom is -0.315 e. The molecule has 1 aliphatic heterocycles. The lowest BCUT2D eigenvalue weighted by atomic mass is 10.0. The molecular formula is C10H13BrCl2N2. The van der Waals surface area contributed by atoms with E-state index in [1.54, 1.807) is 0 Å². The van der Waals surface area contributed by atoms with Gasteiger partial charge < -0.3 is 5.32 Å². The van der Waals surface area contributed by atoms with Gasteiger partial charge in [-0.15, -0.1) is 24.8 Å². The van der Waals surface area contributed by atoms with E-state index in [4.69, 9.17) is 0 Å². The lowest BCUT2D eigenvalue weighted by molar-refractivity contribution is 0.656. The summed E-state index contributed by atoms with van der Waals surface area (Å²) in [4.78, 5) is 4.49. The average molecular weight is 312 g/mol. The van der Waals surface area contributed by atoms with Crippen molar-refractivity contribution in [3.63, 3.8) is 0 Å². The number of fused-ring (bicyclic) bond motifs is 1. The van der Waals surface area contributed by atoms with E-state index in [-0.39, 0.29) is 24.8 Å². The number of pyridine rings is 1. The zero-order chi connectivity index (χ0) is 8.89. The van der Waals surface area contributed by atoms with Gasteiger partial charge in [0.1, 0.15) is 0 Å². The molecule has 1 aliphatic carbocycles. The van der Waals surface area contributed by atoms with Crippen LogP contribution in [-0.4, -0.2) is 18.1 Å². The van der Waals surface area contributed by atoms with Crippen LogP contribution in [-0.2, 0) is 5.41 Å². The highest BCUT2D eigenvalue weighted by Crippen LogP contribution is 2.55. The Labute approximate surface area is 110 Å². The first-order valence-electron chi connectivity index (χ1n) is 4.64. The first-order valence-corrected chi connectivity index (χ1v) is 5.43. The molecule has 3 rings (SSSR count). The van der Waals surface area contributed by atoms with Gasteiger partial charge in [-0.2, -0.15) is 0 Å². The van der Waals surface area contributed by atoms with Crippen LogP contribution in [0.25, 0.3) is 0 Å². The Morgan fingerprint density at radius 1 is 1.40 bits per heavy atom. The van der Waals surface area contributed by atoms with Crippen LogP contribution >= 0.6 is 40.7 Å². The Balaban J connectivity index is 0.000000562. The molecule has 2 unspecified atom stereocenters. The Kier molecular flexibility index (Phi) is 4.04. The molecule has 84 valence electrons. The normalized spacial score (nSPS) is 31.1. The molecule has 0 amide bonds. The third kappa shape index (κ3) is 2.03. The molecule has 1 aromatic heterocycles. The van der Waals surface area contributed by atoms with Gasteiger partial charge in [0.15, 0.2) is 0 Å². The van der Waals surface area contributed by atoms with Crippen molar-refractivity contribution in [2.45, 2.75) is 11.8 Å². The van der Waals surface area contributed by atoms with Crippen LogP contribution < -0.4 is 5.32 Å². The third-order valence-corrected chi connectivity index (χ3v) is 3.77. The molecule has 15 heavy (non-hydrogen) atoms. The summed E-state index contributed by atoms with van der Waals surface area (Å²) in [6, 6.07) is 4.24. The summed E-state index contributed by atoms with van der Waals surface area (Å²) in [6.45, 7) is 2.30. The summed E-state index contributed by atoms with van der Waals surface area (Å²) in [5.74, 6) is 0.848. The van der Waals surface area contributed by atoms with Gasteiger partial charge >= 0.3 is 0 Å². The molecule has 0 bridgehead atoms. The smallest absolute Gasteiger partial charge is 0.0482 e. The maximum absolute atomic E-state index is 4.49. The Morgan fingerprint density at radius 3 is 2.67 bits per heavy atom. The highest BCUT2D eigenvalue weighted by molar-refractivity contribution is 9.10. The fraction of sp³-hybridized carbons (Fsp3) is 0.500. The number of nitrogens with zero attached hydrogens (tertiary/aromatic N) is 1. The van der Waals surface area contributed by atoms with Gasteiger partial charge in [0.05, 0.1) is 0 Å². The van der Waals surface area contributed by atoms with Crippen molar-refractivity contribution in [1.29, 1.82) is 0 Å². The quantitative estimate of drug-likeness (QED) is 0.862. The molecule has 2 aliphatic rings. The molecule has 1 saturated heterocycles. The summed E-state index contributed by atoms with van der Waals surface area (Å²) in [6.07, 6.45) is 3.23. The Hall–Kier alpha value is 0.170. The predicted octanol–water partition coefficient (Wildman–Crippen LogP) is 2.55. The lowest BCUT2D eigenvalue weighted by Gasteiger charge is -2.10. The first-order chi connectivity index (χ1) is 6.31. The predicted molar refractivity (Wildman–Crippen MR) is 69.1 cm³/mol. The van der Waals surface area contributed by atoms with Crippen LogP contribution in [0.15, 0.2) is 22.8 Å². The number of aromatic nitrogens is 1. The molecule has 5 heteroatoms. The standard InChI is InChI=1S/C10H11BrN2.2ClH/c11-8-1-2-9(13-5-8)10-3-7(10)4-12-6-10;;/h1-2,5,7,12H,3-4,6H2;2*1H. The second-order valence-electron chi connectivity index (χ2n) is 4.05. The largest absolute Gasteiger partial charge is 0.315 e. The fourth-order valence-corrected chi connectivity index (χ4v) is 2.64. The Morgan fingerprint density at radius 2 is 2.20 bits per heavy atom. The topological polar surface area (TPSA) is 24.9 Å². The van der Waals surface area contributed by atoms with Crippen LogP contribution in [0.1, 0.15) is 12.1 Å². The minimum absolute atomic E-state index is 0. The van der Waals surface area contributed by atoms with Crippen molar-refractivity contribution in [2.75, 3.05) is 13.1 Å². The van der Waals surface area contributed by atoms with Crippen molar-refractivity contribution in [3.8, 4) is 0 Å². The summed E-state index contributed by atoms with van der Waals surface area (Å²) in [5.41, 5.74) is 1.67. The number of nitrogens with one attached hydrogen (secondary N) is 1. The van der Waals surface area contributed by atoms with Crippen molar-refractivity contribution in [3.05, 3.63) is 28.5 Å². The number of piperidine rings is 1. The van der Waals surface area contributed by atoms with E-state index in [0.29, 0.717) is 5.41 Å². The molecule has 2 fully saturated rings. The van der Waals surface area contributed by atoms with E-state index in [9.17, 15) is 0 Å². The molecule has 1 aromatic rings. The molecule has 0 radical (unpaired) electrons. The summed E-state index contributed by atoms with van der Waals surface area (Å²) >= 11 is 3.41. The second-order valence-corrected chi connectivity index (χ2v) is 4.97. The first kappa shape index (κ1) is 13.2. The van der Waals surface area contributed by atoms with Crippen LogP contribution in [0.2, 0.25) is 0 Å². The van der Waals surface area contributed by atoms with Crippen LogP contribution in [0.5, 0.6) is 0 Å². The lowest BCUT2D eigenvalue weighted by Crippen LogP contribution is -2.20. The number of halogens is 3. The van der Waals surface area contributed by atoms with Gasteiger partial charge in [0.2, 0.25) is 0 Å². The van der Waals surface area contributed by atoms with Crippen molar-refractivity contribution in [2.24, 2.45) is 5.92 Å². The molecule has 2 nitrogen and oxygen atoms in total. The fourth-order valence-electron chi connectivity index (χ4n) is 2.41. The number of rotatable bonds is 1. The zero-order valence-electron chi connectivity index (χ0n) is 8.07. The van der Waals surface area contributed by atoms with Gasteiger partial charge in [0.25, 0.3) is 0 Å². The molecular weight excluding hydrogens is 299 g/mol. The minimum atomic E-state index is 0. The van der Waals surface area contributed by atoms with Gasteiger partial charge in [-0.25, -0.2) is 0 Å². The van der Waals surface area contributed by atoms with Gasteiger partial charge in [-0.3, -0.25) is 4.98 Å². The summed E-state index contributed by atoms with van der Waals surface area (Å²) in [7, 11) is 0. The summed E-state index contributed by atoms with van der Waals surface area (Å²) in [5, 5.41) is 3.42. The summed E-state index contributed by atoms with van der Waals surface area (Å²) < 4.78 is 1.07. The highest BCUT2D eigenvalue weighted by atomic mass is 79.9. The molecule has 2 atom stereocenters. The number of hydrogen-bond donors (Lipinski definition) is 1. The maximum Gasteiger partial charge on any atom is 0.0482 e. The third-order valence-electron chi connectivity index (χ3n) is 3.30. The van der Waals surface area contributed by atoms with Crippen LogP contribution in [0.3, 0.4) is 0 Å². The molecule has 2 heterocycles. The van der Waals surface area contributed by atoms with Crippen molar-refractivity contribution < 1.29 is 0 Å². The van der Waals surface area contributed by atoms with E-state index >= 15 is 0 Å². The van der Waals surface area contributed by atoms with E-state index in [1.165, 1.54) is 18.7 Å². The van der Waals surface area contributed by atoms with E-state index in [1.807, 2.05) is 6.20 Å². The van der Waals surface area contributed by atoms with Crippen molar-refractivity contribution in [1.82, 2.24) is 10.3 Å². The monoisotopic (exact) mass is 310 g/mol. The van der Waals surface area contributed by atoms with Gasteiger partial charge in [0, 0.05) is 28.3 Å². The second kappa shape index (κ2) is 4.58. The molecule has 0 aromatic carbocycles. The van der Waals surface area contributed by atoms with E-state index in [2.05, 4.69) is 38.4 Å². The number of hydrogen-bond acceptors (Lipinski definition) is 2.